The van der Waals surface area contributed by atoms with Gasteiger partial charge in [0.25, 0.3) is 0 Å². The number of anilines is 1. The van der Waals surface area contributed by atoms with E-state index in [1.807, 2.05) is 61.2 Å². The van der Waals surface area contributed by atoms with E-state index in [1.54, 1.807) is 11.8 Å². The molecule has 2 amide bonds. The minimum Gasteiger partial charge on any atom is -0.308 e. The Morgan fingerprint density at radius 3 is 2.61 bits per heavy atom. The summed E-state index contributed by atoms with van der Waals surface area (Å²) in [6.07, 6.45) is 0. The van der Waals surface area contributed by atoms with E-state index in [0.717, 1.165) is 34.7 Å². The summed E-state index contributed by atoms with van der Waals surface area (Å²) < 4.78 is 0. The molecule has 3 nitrogen and oxygen atoms in total. The first kappa shape index (κ1) is 16.2. The summed E-state index contributed by atoms with van der Waals surface area (Å²) in [5.41, 5.74) is 4.12. The Labute approximate surface area is 146 Å². The zero-order valence-corrected chi connectivity index (χ0v) is 14.7. The van der Waals surface area contributed by atoms with E-state index in [-0.39, 0.29) is 11.4 Å². The zero-order valence-electron chi connectivity index (χ0n) is 13.2. The largest absolute Gasteiger partial charge is 0.323 e. The van der Waals surface area contributed by atoms with Crippen LogP contribution in [-0.4, -0.2) is 23.2 Å². The maximum absolute atomic E-state index is 12.8. The molecule has 23 heavy (non-hydrogen) atoms. The van der Waals surface area contributed by atoms with Crippen molar-refractivity contribution in [1.82, 2.24) is 4.90 Å². The molecule has 0 aliphatic carbocycles. The summed E-state index contributed by atoms with van der Waals surface area (Å²) >= 11 is 7.86. The highest BCUT2D eigenvalue weighted by molar-refractivity contribution is 7.99. The van der Waals surface area contributed by atoms with E-state index in [9.17, 15) is 4.79 Å². The van der Waals surface area contributed by atoms with Gasteiger partial charge in [-0.3, -0.25) is 0 Å². The van der Waals surface area contributed by atoms with Crippen molar-refractivity contribution in [1.29, 1.82) is 0 Å². The molecular formula is C18H19ClN2OS. The third-order valence-corrected chi connectivity index (χ3v) is 5.49. The number of rotatable bonds is 2. The van der Waals surface area contributed by atoms with Crippen LogP contribution in [0.2, 0.25) is 5.02 Å². The van der Waals surface area contributed by atoms with Crippen LogP contribution in [0.1, 0.15) is 22.1 Å². The van der Waals surface area contributed by atoms with E-state index in [4.69, 9.17) is 11.6 Å². The minimum atomic E-state index is -0.0580. The Morgan fingerprint density at radius 1 is 1.22 bits per heavy atom. The second-order valence-corrected chi connectivity index (χ2v) is 7.29. The molecule has 2 aromatic carbocycles. The quantitative estimate of drug-likeness (QED) is 0.806. The Bertz CT molecular complexity index is 714. The molecule has 1 atom stereocenters. The Morgan fingerprint density at radius 2 is 1.91 bits per heavy atom. The lowest BCUT2D eigenvalue weighted by atomic mass is 10.1. The lowest BCUT2D eigenvalue weighted by Crippen LogP contribution is -2.34. The molecule has 0 aromatic heterocycles. The normalized spacial score (nSPS) is 17.3. The lowest BCUT2D eigenvalue weighted by molar-refractivity contribution is 0.214. The van der Waals surface area contributed by atoms with Crippen molar-refractivity contribution in [3.63, 3.8) is 0 Å². The number of nitrogens with zero attached hydrogens (tertiary/aromatic N) is 1. The molecule has 1 N–H and O–H groups in total. The molecule has 0 radical (unpaired) electrons. The molecular weight excluding hydrogens is 328 g/mol. The van der Waals surface area contributed by atoms with Crippen LogP contribution in [0.4, 0.5) is 10.5 Å². The van der Waals surface area contributed by atoms with Gasteiger partial charge in [-0.05, 0) is 42.7 Å². The van der Waals surface area contributed by atoms with Gasteiger partial charge in [0.1, 0.15) is 5.37 Å². The number of halogens is 1. The standard InChI is InChI=1S/C18H19ClN2OS/c1-12-5-3-6-13(2)16(12)20-18(22)21-9-10-23-17(21)14-7-4-8-15(19)11-14/h3-8,11,17H,9-10H2,1-2H3,(H,20,22)/t17-/m1/s1. The summed E-state index contributed by atoms with van der Waals surface area (Å²) in [5.74, 6) is 0.928. The lowest BCUT2D eigenvalue weighted by Gasteiger charge is -2.25. The monoisotopic (exact) mass is 346 g/mol. The highest BCUT2D eigenvalue weighted by Gasteiger charge is 2.31. The number of para-hydroxylation sites is 1. The average molecular weight is 347 g/mol. The molecule has 0 bridgehead atoms. The molecule has 1 heterocycles. The van der Waals surface area contributed by atoms with Crippen LogP contribution in [0.5, 0.6) is 0 Å². The van der Waals surface area contributed by atoms with Gasteiger partial charge in [0.2, 0.25) is 0 Å². The third kappa shape index (κ3) is 3.48. The maximum atomic E-state index is 12.8. The van der Waals surface area contributed by atoms with E-state index in [2.05, 4.69) is 5.32 Å². The number of benzene rings is 2. The molecule has 1 fully saturated rings. The predicted molar refractivity (Wildman–Crippen MR) is 98.3 cm³/mol. The van der Waals surface area contributed by atoms with Gasteiger partial charge >= 0.3 is 6.03 Å². The van der Waals surface area contributed by atoms with Crippen molar-refractivity contribution in [2.45, 2.75) is 19.2 Å². The molecule has 0 unspecified atom stereocenters. The van der Waals surface area contributed by atoms with E-state index in [0.29, 0.717) is 5.02 Å². The molecule has 120 valence electrons. The van der Waals surface area contributed by atoms with Gasteiger partial charge in [0, 0.05) is 23.0 Å². The van der Waals surface area contributed by atoms with Gasteiger partial charge < -0.3 is 10.2 Å². The highest BCUT2D eigenvalue weighted by Crippen LogP contribution is 2.39. The maximum Gasteiger partial charge on any atom is 0.323 e. The molecule has 3 rings (SSSR count). The molecule has 2 aromatic rings. The van der Waals surface area contributed by atoms with E-state index in [1.165, 1.54) is 0 Å². The van der Waals surface area contributed by atoms with Crippen LogP contribution in [0.3, 0.4) is 0 Å². The highest BCUT2D eigenvalue weighted by atomic mass is 35.5. The van der Waals surface area contributed by atoms with Crippen LogP contribution < -0.4 is 5.32 Å². The van der Waals surface area contributed by atoms with Crippen molar-refractivity contribution in [3.8, 4) is 0 Å². The summed E-state index contributed by atoms with van der Waals surface area (Å²) in [6.45, 7) is 4.75. The SMILES string of the molecule is Cc1cccc(C)c1NC(=O)N1CCS[C@@H]1c1cccc(Cl)c1. The summed E-state index contributed by atoms with van der Waals surface area (Å²) in [4.78, 5) is 14.6. The number of carbonyl (C=O) groups is 1. The average Bonchev–Trinajstić information content (AvgIpc) is 3.00. The van der Waals surface area contributed by atoms with Gasteiger partial charge in [-0.15, -0.1) is 11.8 Å². The predicted octanol–water partition coefficient (Wildman–Crippen LogP) is 5.24. The fraction of sp³-hybridized carbons (Fsp3) is 0.278. The second kappa shape index (κ2) is 6.85. The minimum absolute atomic E-state index is 0.0121. The van der Waals surface area contributed by atoms with Crippen molar-refractivity contribution in [3.05, 3.63) is 64.2 Å². The third-order valence-electron chi connectivity index (χ3n) is 4.00. The van der Waals surface area contributed by atoms with Crippen LogP contribution in [-0.2, 0) is 0 Å². The summed E-state index contributed by atoms with van der Waals surface area (Å²) in [5, 5.41) is 3.79. The number of nitrogens with one attached hydrogen (secondary N) is 1. The van der Waals surface area contributed by atoms with Crippen LogP contribution >= 0.6 is 23.4 Å². The van der Waals surface area contributed by atoms with Gasteiger partial charge in [-0.25, -0.2) is 4.79 Å². The smallest absolute Gasteiger partial charge is 0.308 e. The summed E-state index contributed by atoms with van der Waals surface area (Å²) in [6, 6.07) is 13.7. The first-order valence-electron chi connectivity index (χ1n) is 7.57. The molecule has 1 saturated heterocycles. The van der Waals surface area contributed by atoms with Crippen LogP contribution in [0, 0.1) is 13.8 Å². The number of hydrogen-bond acceptors (Lipinski definition) is 2. The molecule has 1 aliphatic heterocycles. The fourth-order valence-corrected chi connectivity index (χ4v) is 4.25. The number of amides is 2. The number of urea groups is 1. The van der Waals surface area contributed by atoms with Gasteiger partial charge in [0.15, 0.2) is 0 Å². The number of carbonyl (C=O) groups excluding carboxylic acids is 1. The second-order valence-electron chi connectivity index (χ2n) is 5.67. The van der Waals surface area contributed by atoms with Gasteiger partial charge in [-0.1, -0.05) is 41.9 Å². The van der Waals surface area contributed by atoms with Gasteiger partial charge in [-0.2, -0.15) is 0 Å². The first-order valence-corrected chi connectivity index (χ1v) is 9.00. The van der Waals surface area contributed by atoms with Crippen molar-refractivity contribution in [2.24, 2.45) is 0 Å². The molecule has 5 heteroatoms. The Kier molecular flexibility index (Phi) is 4.83. The topological polar surface area (TPSA) is 32.3 Å². The zero-order chi connectivity index (χ0) is 16.4. The van der Waals surface area contributed by atoms with Crippen molar-refractivity contribution in [2.75, 3.05) is 17.6 Å². The number of hydrogen-bond donors (Lipinski definition) is 1. The van der Waals surface area contributed by atoms with E-state index < -0.39 is 0 Å². The first-order chi connectivity index (χ1) is 11.1. The fourth-order valence-electron chi connectivity index (χ4n) is 2.80. The number of aryl methyl sites for hydroxylation is 2. The van der Waals surface area contributed by atoms with Crippen LogP contribution in [0.25, 0.3) is 0 Å². The molecule has 0 saturated carbocycles. The van der Waals surface area contributed by atoms with Crippen molar-refractivity contribution < 1.29 is 4.79 Å². The Balaban J connectivity index is 1.81. The Hall–Kier alpha value is -1.65. The van der Waals surface area contributed by atoms with Crippen LogP contribution in [0.15, 0.2) is 42.5 Å². The molecule has 1 aliphatic rings. The van der Waals surface area contributed by atoms with Gasteiger partial charge in [0.05, 0.1) is 0 Å². The van der Waals surface area contributed by atoms with Crippen molar-refractivity contribution >= 4 is 35.1 Å². The summed E-state index contributed by atoms with van der Waals surface area (Å²) in [7, 11) is 0. The number of thioether (sulfide) groups is 1. The van der Waals surface area contributed by atoms with E-state index >= 15 is 0 Å². The molecule has 0 spiro atoms.